The Kier molecular flexibility index (Phi) is 4.28. The lowest BCUT2D eigenvalue weighted by Gasteiger charge is -2.24. The maximum absolute atomic E-state index is 13.1. The number of ether oxygens (including phenoxy) is 1. The van der Waals surface area contributed by atoms with E-state index in [1.165, 1.54) is 12.1 Å². The summed E-state index contributed by atoms with van der Waals surface area (Å²) in [5.41, 5.74) is 4.07. The molecular formula is C20H19FO2. The molecule has 23 heavy (non-hydrogen) atoms. The van der Waals surface area contributed by atoms with Crippen molar-refractivity contribution >= 4 is 11.4 Å². The van der Waals surface area contributed by atoms with Crippen LogP contribution in [0.25, 0.3) is 5.57 Å². The number of hydrogen-bond acceptors (Lipinski definition) is 2. The molecule has 0 spiro atoms. The van der Waals surface area contributed by atoms with Gasteiger partial charge in [-0.2, -0.15) is 0 Å². The predicted octanol–water partition coefficient (Wildman–Crippen LogP) is 4.67. The van der Waals surface area contributed by atoms with Gasteiger partial charge in [0.15, 0.2) is 5.78 Å². The van der Waals surface area contributed by atoms with E-state index < -0.39 is 0 Å². The van der Waals surface area contributed by atoms with Crippen LogP contribution < -0.4 is 4.74 Å². The first kappa shape index (κ1) is 15.5. The molecule has 0 fully saturated rings. The number of carbonyl (C=O) groups is 1. The van der Waals surface area contributed by atoms with Gasteiger partial charge in [-0.15, -0.1) is 0 Å². The molecule has 1 aliphatic carbocycles. The topological polar surface area (TPSA) is 26.3 Å². The fraction of sp³-hybridized carbons (Fsp3) is 0.250. The van der Waals surface area contributed by atoms with Crippen molar-refractivity contribution in [1.29, 1.82) is 0 Å². The molecule has 0 bridgehead atoms. The molecule has 0 N–H and O–H groups in total. The van der Waals surface area contributed by atoms with E-state index in [1.54, 1.807) is 25.3 Å². The van der Waals surface area contributed by atoms with Crippen molar-refractivity contribution < 1.29 is 13.9 Å². The Bertz CT molecular complexity index is 760. The summed E-state index contributed by atoms with van der Waals surface area (Å²) in [7, 11) is 1.64. The van der Waals surface area contributed by atoms with Crippen molar-refractivity contribution in [3.63, 3.8) is 0 Å². The molecule has 2 aromatic rings. The van der Waals surface area contributed by atoms with Gasteiger partial charge in [0.25, 0.3) is 0 Å². The van der Waals surface area contributed by atoms with E-state index in [4.69, 9.17) is 4.74 Å². The molecule has 0 saturated carbocycles. The van der Waals surface area contributed by atoms with Gasteiger partial charge in [0.05, 0.1) is 7.11 Å². The van der Waals surface area contributed by atoms with Crippen LogP contribution in [0.5, 0.6) is 5.75 Å². The number of aryl methyl sites for hydroxylation is 1. The van der Waals surface area contributed by atoms with Crippen molar-refractivity contribution in [3.8, 4) is 5.75 Å². The first-order valence-electron chi connectivity index (χ1n) is 7.70. The van der Waals surface area contributed by atoms with E-state index in [9.17, 15) is 9.18 Å². The second-order valence-electron chi connectivity index (χ2n) is 6.00. The molecule has 2 nitrogen and oxygen atoms in total. The smallest absolute Gasteiger partial charge is 0.156 e. The van der Waals surface area contributed by atoms with Crippen molar-refractivity contribution in [2.75, 3.05) is 7.11 Å². The lowest BCUT2D eigenvalue weighted by atomic mass is 9.80. The highest BCUT2D eigenvalue weighted by Crippen LogP contribution is 2.39. The minimum Gasteiger partial charge on any atom is -0.496 e. The molecule has 0 heterocycles. The third-order valence-corrected chi connectivity index (χ3v) is 4.29. The summed E-state index contributed by atoms with van der Waals surface area (Å²) >= 11 is 0. The Hall–Kier alpha value is -2.42. The summed E-state index contributed by atoms with van der Waals surface area (Å²) in [5, 5.41) is 0. The van der Waals surface area contributed by atoms with Gasteiger partial charge in [0, 0.05) is 12.0 Å². The number of allylic oxidation sites excluding steroid dienone is 2. The van der Waals surface area contributed by atoms with Crippen LogP contribution >= 0.6 is 0 Å². The van der Waals surface area contributed by atoms with Crippen LogP contribution in [0, 0.1) is 12.7 Å². The molecule has 0 saturated heterocycles. The molecule has 1 atom stereocenters. The highest BCUT2D eigenvalue weighted by atomic mass is 19.1. The Morgan fingerprint density at radius 1 is 1.09 bits per heavy atom. The second-order valence-corrected chi connectivity index (χ2v) is 6.00. The third-order valence-electron chi connectivity index (χ3n) is 4.29. The summed E-state index contributed by atoms with van der Waals surface area (Å²) in [5.74, 6) is 0.693. The third kappa shape index (κ3) is 3.34. The Morgan fingerprint density at radius 2 is 1.83 bits per heavy atom. The standard InChI is InChI=1S/C20H19FO2/c1-13-3-8-20(23-2)19(9-13)16-10-15(11-18(22)12-16)14-4-6-17(21)7-5-14/h3-9,12,15H,10-11H2,1-2H3/t15-/m1/s1. The second kappa shape index (κ2) is 6.37. The van der Waals surface area contributed by atoms with Crippen LogP contribution in [-0.2, 0) is 4.79 Å². The van der Waals surface area contributed by atoms with Crippen molar-refractivity contribution in [2.24, 2.45) is 0 Å². The van der Waals surface area contributed by atoms with E-state index in [2.05, 4.69) is 0 Å². The lowest BCUT2D eigenvalue weighted by Crippen LogP contribution is -2.13. The zero-order chi connectivity index (χ0) is 16.4. The van der Waals surface area contributed by atoms with Crippen LogP contribution in [0.3, 0.4) is 0 Å². The highest BCUT2D eigenvalue weighted by Gasteiger charge is 2.24. The molecule has 0 aliphatic heterocycles. The van der Waals surface area contributed by atoms with E-state index in [1.807, 2.05) is 25.1 Å². The Balaban J connectivity index is 1.96. The van der Waals surface area contributed by atoms with Crippen LogP contribution in [0.15, 0.2) is 48.5 Å². The van der Waals surface area contributed by atoms with Gasteiger partial charge in [-0.25, -0.2) is 4.39 Å². The Morgan fingerprint density at radius 3 is 2.52 bits per heavy atom. The first-order valence-corrected chi connectivity index (χ1v) is 7.70. The van der Waals surface area contributed by atoms with Gasteiger partial charge in [0.2, 0.25) is 0 Å². The average Bonchev–Trinajstić information content (AvgIpc) is 2.55. The minimum atomic E-state index is -0.257. The fourth-order valence-corrected chi connectivity index (χ4v) is 3.12. The quantitative estimate of drug-likeness (QED) is 0.823. The van der Waals surface area contributed by atoms with Gasteiger partial charge in [-0.1, -0.05) is 23.8 Å². The number of benzene rings is 2. The molecular weight excluding hydrogens is 291 g/mol. The Labute approximate surface area is 135 Å². The number of carbonyl (C=O) groups excluding carboxylic acids is 1. The van der Waals surface area contributed by atoms with E-state index >= 15 is 0 Å². The molecule has 0 amide bonds. The number of halogens is 1. The number of methoxy groups -OCH3 is 1. The van der Waals surface area contributed by atoms with Crippen molar-refractivity contribution in [1.82, 2.24) is 0 Å². The normalized spacial score (nSPS) is 17.8. The molecule has 1 aliphatic rings. The van der Waals surface area contributed by atoms with Gasteiger partial charge in [-0.05, 0) is 60.7 Å². The largest absolute Gasteiger partial charge is 0.496 e. The van der Waals surface area contributed by atoms with E-state index in [0.29, 0.717) is 6.42 Å². The molecule has 3 heteroatoms. The predicted molar refractivity (Wildman–Crippen MR) is 89.1 cm³/mol. The minimum absolute atomic E-state index is 0.0771. The number of rotatable bonds is 3. The van der Waals surface area contributed by atoms with E-state index in [0.717, 1.165) is 34.4 Å². The molecule has 0 radical (unpaired) electrons. The highest BCUT2D eigenvalue weighted by molar-refractivity contribution is 6.00. The summed E-state index contributed by atoms with van der Waals surface area (Å²) in [6.45, 7) is 2.02. The monoisotopic (exact) mass is 310 g/mol. The van der Waals surface area contributed by atoms with Crippen LogP contribution in [0.4, 0.5) is 4.39 Å². The summed E-state index contributed by atoms with van der Waals surface area (Å²) in [6.07, 6.45) is 2.93. The molecule has 118 valence electrons. The zero-order valence-corrected chi connectivity index (χ0v) is 13.3. The number of hydrogen-bond donors (Lipinski definition) is 0. The van der Waals surface area contributed by atoms with Gasteiger partial charge >= 0.3 is 0 Å². The van der Waals surface area contributed by atoms with Crippen molar-refractivity contribution in [2.45, 2.75) is 25.7 Å². The molecule has 3 rings (SSSR count). The maximum Gasteiger partial charge on any atom is 0.156 e. The lowest BCUT2D eigenvalue weighted by molar-refractivity contribution is -0.115. The molecule has 0 unspecified atom stereocenters. The fourth-order valence-electron chi connectivity index (χ4n) is 3.12. The summed E-state index contributed by atoms with van der Waals surface area (Å²) in [6, 6.07) is 12.4. The molecule has 2 aromatic carbocycles. The van der Waals surface area contributed by atoms with Crippen LogP contribution in [0.2, 0.25) is 0 Å². The van der Waals surface area contributed by atoms with Crippen molar-refractivity contribution in [3.05, 3.63) is 71.0 Å². The van der Waals surface area contributed by atoms with E-state index in [-0.39, 0.29) is 17.5 Å². The van der Waals surface area contributed by atoms with Crippen LogP contribution in [-0.4, -0.2) is 12.9 Å². The van der Waals surface area contributed by atoms with Gasteiger partial charge in [0.1, 0.15) is 11.6 Å². The molecule has 0 aromatic heterocycles. The number of ketones is 1. The zero-order valence-electron chi connectivity index (χ0n) is 13.3. The SMILES string of the molecule is COc1ccc(C)cc1C1=CC(=O)C[C@H](c2ccc(F)cc2)C1. The van der Waals surface area contributed by atoms with Gasteiger partial charge in [-0.3, -0.25) is 4.79 Å². The maximum atomic E-state index is 13.1. The first-order chi connectivity index (χ1) is 11.1. The summed E-state index contributed by atoms with van der Waals surface area (Å²) in [4.78, 5) is 12.2. The van der Waals surface area contributed by atoms with Crippen LogP contribution in [0.1, 0.15) is 35.4 Å². The average molecular weight is 310 g/mol. The summed E-state index contributed by atoms with van der Waals surface area (Å²) < 4.78 is 18.6. The van der Waals surface area contributed by atoms with Gasteiger partial charge < -0.3 is 4.74 Å².